The average Bonchev–Trinajstić information content (AvgIpc) is 2.75. The van der Waals surface area contributed by atoms with E-state index in [2.05, 4.69) is 5.16 Å². The molecule has 0 N–H and O–H groups in total. The highest BCUT2D eigenvalue weighted by Crippen LogP contribution is 2.26. The van der Waals surface area contributed by atoms with Gasteiger partial charge in [-0.25, -0.2) is 0 Å². The normalized spacial score (nSPS) is 17.5. The fraction of sp³-hybridized carbons (Fsp3) is 0.636. The summed E-state index contributed by atoms with van der Waals surface area (Å²) < 4.78 is 5.02. The summed E-state index contributed by atoms with van der Waals surface area (Å²) in [5.41, 5.74) is 0.847. The van der Waals surface area contributed by atoms with Crippen molar-refractivity contribution in [3.63, 3.8) is 0 Å². The molecule has 0 unspecified atom stereocenters. The lowest BCUT2D eigenvalue weighted by Crippen LogP contribution is -2.12. The number of aromatic nitrogens is 1. The van der Waals surface area contributed by atoms with Crippen LogP contribution in [-0.4, -0.2) is 10.9 Å². The van der Waals surface area contributed by atoms with E-state index in [-0.39, 0.29) is 5.92 Å². The van der Waals surface area contributed by atoms with E-state index < -0.39 is 0 Å². The molecular weight excluding hydrogens is 178 g/mol. The van der Waals surface area contributed by atoms with Crippen molar-refractivity contribution in [1.82, 2.24) is 5.16 Å². The van der Waals surface area contributed by atoms with E-state index in [1.807, 2.05) is 13.0 Å². The summed E-state index contributed by atoms with van der Waals surface area (Å²) in [5.74, 6) is 1.30. The predicted molar refractivity (Wildman–Crippen MR) is 51.9 cm³/mol. The maximum atomic E-state index is 11.7. The van der Waals surface area contributed by atoms with E-state index in [9.17, 15) is 4.79 Å². The Bertz CT molecular complexity index is 324. The van der Waals surface area contributed by atoms with Crippen LogP contribution >= 0.6 is 0 Å². The summed E-state index contributed by atoms with van der Waals surface area (Å²) in [4.78, 5) is 11.7. The summed E-state index contributed by atoms with van der Waals surface area (Å²) >= 11 is 0. The van der Waals surface area contributed by atoms with E-state index in [0.29, 0.717) is 18.0 Å². The topological polar surface area (TPSA) is 43.1 Å². The van der Waals surface area contributed by atoms with Gasteiger partial charge in [0, 0.05) is 12.0 Å². The second-order valence-electron chi connectivity index (χ2n) is 4.06. The molecule has 3 nitrogen and oxygen atoms in total. The third-order valence-electron chi connectivity index (χ3n) is 2.84. The molecule has 1 saturated carbocycles. The highest BCUT2D eigenvalue weighted by molar-refractivity contribution is 5.82. The van der Waals surface area contributed by atoms with Crippen molar-refractivity contribution >= 4 is 5.78 Å². The van der Waals surface area contributed by atoms with Gasteiger partial charge in [-0.05, 0) is 19.8 Å². The smallest absolute Gasteiger partial charge is 0.144 e. The van der Waals surface area contributed by atoms with Gasteiger partial charge in [0.05, 0.1) is 12.1 Å². The van der Waals surface area contributed by atoms with Crippen LogP contribution in [0.1, 0.15) is 37.1 Å². The molecule has 0 amide bonds. The van der Waals surface area contributed by atoms with E-state index in [1.54, 1.807) is 0 Å². The number of ketones is 1. The molecule has 0 atom stereocenters. The average molecular weight is 193 g/mol. The number of aryl methyl sites for hydroxylation is 1. The maximum Gasteiger partial charge on any atom is 0.144 e. The quantitative estimate of drug-likeness (QED) is 0.739. The number of rotatable bonds is 3. The first kappa shape index (κ1) is 9.44. The summed E-state index contributed by atoms with van der Waals surface area (Å²) in [6.07, 6.45) is 4.95. The molecule has 14 heavy (non-hydrogen) atoms. The highest BCUT2D eigenvalue weighted by Gasteiger charge is 2.23. The molecule has 1 heterocycles. The van der Waals surface area contributed by atoms with E-state index in [1.165, 1.54) is 12.8 Å². The van der Waals surface area contributed by atoms with Gasteiger partial charge in [-0.15, -0.1) is 0 Å². The number of hydrogen-bond acceptors (Lipinski definition) is 3. The molecule has 3 heteroatoms. The zero-order valence-electron chi connectivity index (χ0n) is 8.45. The molecule has 1 aromatic heterocycles. The standard InChI is InChI=1S/C11H15NO2/c1-8-6-10(14-12-8)7-11(13)9-4-2-3-5-9/h6,9H,2-5,7H2,1H3. The minimum absolute atomic E-state index is 0.278. The zero-order chi connectivity index (χ0) is 9.97. The van der Waals surface area contributed by atoms with Crippen LogP contribution in [0.5, 0.6) is 0 Å². The fourth-order valence-corrected chi connectivity index (χ4v) is 2.06. The van der Waals surface area contributed by atoms with Crippen LogP contribution in [0.4, 0.5) is 0 Å². The van der Waals surface area contributed by atoms with Crippen LogP contribution in [0.25, 0.3) is 0 Å². The lowest BCUT2D eigenvalue weighted by Gasteiger charge is -2.04. The Morgan fingerprint density at radius 3 is 2.86 bits per heavy atom. The van der Waals surface area contributed by atoms with Crippen molar-refractivity contribution in [1.29, 1.82) is 0 Å². The van der Waals surface area contributed by atoms with Crippen molar-refractivity contribution < 1.29 is 9.32 Å². The van der Waals surface area contributed by atoms with Crippen LogP contribution in [0.3, 0.4) is 0 Å². The van der Waals surface area contributed by atoms with E-state index in [0.717, 1.165) is 18.5 Å². The molecule has 0 bridgehead atoms. The summed E-state index contributed by atoms with van der Waals surface area (Å²) in [6, 6.07) is 1.84. The number of carbonyl (C=O) groups excluding carboxylic acids is 1. The lowest BCUT2D eigenvalue weighted by molar-refractivity contribution is -0.122. The SMILES string of the molecule is Cc1cc(CC(=O)C2CCCC2)on1. The Labute approximate surface area is 83.5 Å². The Kier molecular flexibility index (Phi) is 2.66. The molecule has 0 radical (unpaired) electrons. The predicted octanol–water partition coefficient (Wildman–Crippen LogP) is 2.28. The Morgan fingerprint density at radius 2 is 2.29 bits per heavy atom. The first-order valence-corrected chi connectivity index (χ1v) is 5.20. The Balaban J connectivity index is 1.93. The molecule has 1 fully saturated rings. The molecule has 2 rings (SSSR count). The maximum absolute atomic E-state index is 11.7. The Morgan fingerprint density at radius 1 is 1.57 bits per heavy atom. The molecule has 0 spiro atoms. The molecule has 0 aliphatic heterocycles. The Hall–Kier alpha value is -1.12. The fourth-order valence-electron chi connectivity index (χ4n) is 2.06. The number of nitrogens with zero attached hydrogens (tertiary/aromatic N) is 1. The minimum atomic E-state index is 0.278. The number of carbonyl (C=O) groups is 1. The van der Waals surface area contributed by atoms with Gasteiger partial charge in [-0.2, -0.15) is 0 Å². The van der Waals surface area contributed by atoms with Crippen LogP contribution < -0.4 is 0 Å². The van der Waals surface area contributed by atoms with Gasteiger partial charge in [-0.1, -0.05) is 18.0 Å². The van der Waals surface area contributed by atoms with Crippen molar-refractivity contribution in [2.75, 3.05) is 0 Å². The van der Waals surface area contributed by atoms with Crippen molar-refractivity contribution in [3.8, 4) is 0 Å². The van der Waals surface area contributed by atoms with Crippen LogP contribution in [0, 0.1) is 12.8 Å². The van der Waals surface area contributed by atoms with E-state index in [4.69, 9.17) is 4.52 Å². The molecule has 1 aliphatic carbocycles. The van der Waals surface area contributed by atoms with Gasteiger partial charge in [0.25, 0.3) is 0 Å². The minimum Gasteiger partial charge on any atom is -0.361 e. The molecule has 0 aromatic carbocycles. The van der Waals surface area contributed by atoms with Gasteiger partial charge in [0.2, 0.25) is 0 Å². The van der Waals surface area contributed by atoms with E-state index >= 15 is 0 Å². The highest BCUT2D eigenvalue weighted by atomic mass is 16.5. The third-order valence-corrected chi connectivity index (χ3v) is 2.84. The summed E-state index contributed by atoms with van der Waals surface area (Å²) in [7, 11) is 0. The second kappa shape index (κ2) is 3.95. The molecule has 1 aromatic rings. The molecular formula is C11H15NO2. The van der Waals surface area contributed by atoms with Gasteiger partial charge >= 0.3 is 0 Å². The van der Waals surface area contributed by atoms with Crippen LogP contribution in [0.15, 0.2) is 10.6 Å². The van der Waals surface area contributed by atoms with Crippen molar-refractivity contribution in [3.05, 3.63) is 17.5 Å². The molecule has 0 saturated heterocycles. The van der Waals surface area contributed by atoms with Gasteiger partial charge in [0.15, 0.2) is 0 Å². The summed E-state index contributed by atoms with van der Waals surface area (Å²) in [6.45, 7) is 1.87. The lowest BCUT2D eigenvalue weighted by atomic mass is 9.99. The van der Waals surface area contributed by atoms with Crippen molar-refractivity contribution in [2.24, 2.45) is 5.92 Å². The third kappa shape index (κ3) is 2.03. The van der Waals surface area contributed by atoms with Crippen molar-refractivity contribution in [2.45, 2.75) is 39.0 Å². The largest absolute Gasteiger partial charge is 0.361 e. The zero-order valence-corrected chi connectivity index (χ0v) is 8.45. The summed E-state index contributed by atoms with van der Waals surface area (Å²) in [5, 5.41) is 3.77. The van der Waals surface area contributed by atoms with Crippen LogP contribution in [-0.2, 0) is 11.2 Å². The van der Waals surface area contributed by atoms with Gasteiger partial charge in [0.1, 0.15) is 11.5 Å². The number of hydrogen-bond donors (Lipinski definition) is 0. The monoisotopic (exact) mass is 193 g/mol. The first-order valence-electron chi connectivity index (χ1n) is 5.20. The second-order valence-corrected chi connectivity index (χ2v) is 4.06. The molecule has 1 aliphatic rings. The first-order chi connectivity index (χ1) is 6.75. The van der Waals surface area contributed by atoms with Gasteiger partial charge in [-0.3, -0.25) is 4.79 Å². The number of Topliss-reactive ketones (excluding diaryl/α,β-unsaturated/α-hetero) is 1. The van der Waals surface area contributed by atoms with Crippen LogP contribution in [0.2, 0.25) is 0 Å². The molecule has 76 valence electrons. The van der Waals surface area contributed by atoms with Gasteiger partial charge < -0.3 is 4.52 Å².